The van der Waals surface area contributed by atoms with E-state index in [1.165, 1.54) is 115 Å². The predicted molar refractivity (Wildman–Crippen MR) is 212 cm³/mol. The smallest absolute Gasteiger partial charge is 0.267 e. The molecule has 0 aliphatic carbocycles. The summed E-state index contributed by atoms with van der Waals surface area (Å²) in [6, 6.07) is -1.08. The molecule has 0 spiro atoms. The highest BCUT2D eigenvalue weighted by atomic mass is 32.2. The molecule has 2 atom stereocenters. The molecule has 0 aliphatic heterocycles. The van der Waals surface area contributed by atoms with E-state index in [0.717, 1.165) is 51.4 Å². The van der Waals surface area contributed by atoms with E-state index in [2.05, 4.69) is 55.6 Å². The summed E-state index contributed by atoms with van der Waals surface area (Å²) in [6.07, 6.45) is 48.1. The molecule has 7 heteroatoms. The van der Waals surface area contributed by atoms with E-state index >= 15 is 0 Å². The molecule has 0 aliphatic rings. The van der Waals surface area contributed by atoms with Crippen LogP contribution < -0.4 is 5.32 Å². The summed E-state index contributed by atoms with van der Waals surface area (Å²) in [4.78, 5) is 12.5. The average Bonchev–Trinajstić information content (AvgIpc) is 3.06. The van der Waals surface area contributed by atoms with Gasteiger partial charge in [0.15, 0.2) is 0 Å². The Morgan fingerprint density at radius 1 is 0.551 bits per heavy atom. The van der Waals surface area contributed by atoms with Gasteiger partial charge in [0.05, 0.1) is 17.9 Å². The molecule has 0 radical (unpaired) electrons. The molecule has 0 saturated heterocycles. The number of aliphatic hydroxyl groups excluding tert-OH is 1. The van der Waals surface area contributed by atoms with Crippen LogP contribution in [0.4, 0.5) is 0 Å². The lowest BCUT2D eigenvalue weighted by Gasteiger charge is -2.21. The molecule has 0 saturated carbocycles. The topological polar surface area (TPSA) is 104 Å². The average molecular weight is 708 g/mol. The van der Waals surface area contributed by atoms with Gasteiger partial charge in [-0.25, -0.2) is 0 Å². The van der Waals surface area contributed by atoms with Crippen molar-refractivity contribution in [1.82, 2.24) is 5.32 Å². The van der Waals surface area contributed by atoms with Gasteiger partial charge < -0.3 is 10.4 Å². The lowest BCUT2D eigenvalue weighted by molar-refractivity contribution is -0.122. The maximum absolute atomic E-state index is 12.5. The Hall–Kier alpha value is -1.70. The summed E-state index contributed by atoms with van der Waals surface area (Å²) in [5.74, 6) is -1.02. The first kappa shape index (κ1) is 47.3. The lowest BCUT2D eigenvalue weighted by Crippen LogP contribution is -2.46. The third-order valence-corrected chi connectivity index (χ3v) is 9.76. The van der Waals surface area contributed by atoms with Crippen LogP contribution in [0.1, 0.15) is 194 Å². The van der Waals surface area contributed by atoms with E-state index in [-0.39, 0.29) is 12.3 Å². The van der Waals surface area contributed by atoms with Gasteiger partial charge in [-0.15, -0.1) is 0 Å². The number of rotatable bonds is 36. The molecule has 0 rings (SSSR count). The zero-order valence-electron chi connectivity index (χ0n) is 31.8. The van der Waals surface area contributed by atoms with Crippen molar-refractivity contribution in [3.63, 3.8) is 0 Å². The molecule has 1 amide bonds. The minimum absolute atomic E-state index is 0.271. The van der Waals surface area contributed by atoms with Crippen LogP contribution in [0, 0.1) is 0 Å². The normalized spacial score (nSPS) is 13.8. The van der Waals surface area contributed by atoms with Crippen LogP contribution in [0.2, 0.25) is 0 Å². The van der Waals surface area contributed by atoms with Crippen molar-refractivity contribution in [2.75, 3.05) is 5.75 Å². The van der Waals surface area contributed by atoms with Gasteiger partial charge in [0.2, 0.25) is 5.91 Å². The van der Waals surface area contributed by atoms with Crippen LogP contribution in [-0.2, 0) is 14.9 Å². The second-order valence-electron chi connectivity index (χ2n) is 13.9. The van der Waals surface area contributed by atoms with Gasteiger partial charge in [0.1, 0.15) is 0 Å². The summed E-state index contributed by atoms with van der Waals surface area (Å²) in [6.45, 7) is 4.48. The molecule has 0 aromatic rings. The second kappa shape index (κ2) is 36.1. The molecule has 0 aromatic heterocycles. The molecule has 0 bridgehead atoms. The SMILES string of the molecule is CCCC/C=C\C/C=C\CCCCCCCC(=O)NC(CS(=O)(=O)O)C(O)/C=C/CC/C=C/CCCCCCCCCCCCCCCC. The fourth-order valence-electron chi connectivity index (χ4n) is 5.89. The van der Waals surface area contributed by atoms with Gasteiger partial charge in [-0.1, -0.05) is 178 Å². The number of hydrogen-bond donors (Lipinski definition) is 3. The highest BCUT2D eigenvalue weighted by molar-refractivity contribution is 7.85. The number of nitrogens with one attached hydrogen (secondary N) is 1. The van der Waals surface area contributed by atoms with Crippen molar-refractivity contribution in [3.05, 3.63) is 48.6 Å². The van der Waals surface area contributed by atoms with Crippen LogP contribution in [0.15, 0.2) is 48.6 Å². The molecule has 0 aromatic carbocycles. The van der Waals surface area contributed by atoms with E-state index in [1.54, 1.807) is 0 Å². The van der Waals surface area contributed by atoms with Crippen molar-refractivity contribution in [2.45, 2.75) is 206 Å². The molecule has 286 valence electrons. The molecular formula is C42H77NO5S. The third kappa shape index (κ3) is 37.4. The zero-order valence-corrected chi connectivity index (χ0v) is 32.6. The quantitative estimate of drug-likeness (QED) is 0.0342. The molecule has 49 heavy (non-hydrogen) atoms. The monoisotopic (exact) mass is 708 g/mol. The van der Waals surface area contributed by atoms with E-state index in [1.807, 2.05) is 6.08 Å². The molecule has 6 nitrogen and oxygen atoms in total. The molecule has 2 unspecified atom stereocenters. The summed E-state index contributed by atoms with van der Waals surface area (Å²) < 4.78 is 32.4. The summed E-state index contributed by atoms with van der Waals surface area (Å²) in [5, 5.41) is 13.2. The maximum Gasteiger partial charge on any atom is 0.267 e. The van der Waals surface area contributed by atoms with Crippen LogP contribution in [-0.4, -0.2) is 41.9 Å². The summed E-state index contributed by atoms with van der Waals surface area (Å²) in [7, 11) is -4.36. The Morgan fingerprint density at radius 2 is 0.959 bits per heavy atom. The third-order valence-electron chi connectivity index (χ3n) is 8.98. The minimum Gasteiger partial charge on any atom is -0.387 e. The van der Waals surface area contributed by atoms with Gasteiger partial charge in [-0.3, -0.25) is 9.35 Å². The number of allylic oxidation sites excluding steroid dienone is 7. The van der Waals surface area contributed by atoms with Crippen LogP contribution in [0.5, 0.6) is 0 Å². The first-order chi connectivity index (χ1) is 23.8. The van der Waals surface area contributed by atoms with Crippen molar-refractivity contribution < 1.29 is 22.9 Å². The Bertz CT molecular complexity index is 956. The van der Waals surface area contributed by atoms with E-state index in [4.69, 9.17) is 0 Å². The Balaban J connectivity index is 3.99. The summed E-state index contributed by atoms with van der Waals surface area (Å²) >= 11 is 0. The van der Waals surface area contributed by atoms with Gasteiger partial charge in [-0.2, -0.15) is 8.42 Å². The van der Waals surface area contributed by atoms with E-state index < -0.39 is 28.0 Å². The van der Waals surface area contributed by atoms with Crippen LogP contribution in [0.25, 0.3) is 0 Å². The van der Waals surface area contributed by atoms with Gasteiger partial charge in [-0.05, 0) is 57.8 Å². The highest BCUT2D eigenvalue weighted by Crippen LogP contribution is 2.14. The molecule has 3 N–H and O–H groups in total. The molecule has 0 fully saturated rings. The largest absolute Gasteiger partial charge is 0.387 e. The summed E-state index contributed by atoms with van der Waals surface area (Å²) in [5.41, 5.74) is 0. The van der Waals surface area contributed by atoms with Crippen molar-refractivity contribution in [2.24, 2.45) is 0 Å². The fraction of sp³-hybridized carbons (Fsp3) is 0.786. The number of carbonyl (C=O) groups is 1. The maximum atomic E-state index is 12.5. The molecule has 0 heterocycles. The lowest BCUT2D eigenvalue weighted by atomic mass is 10.0. The van der Waals surface area contributed by atoms with E-state index in [0.29, 0.717) is 12.8 Å². The number of carbonyl (C=O) groups excluding carboxylic acids is 1. The zero-order chi connectivity index (χ0) is 36.1. The van der Waals surface area contributed by atoms with Crippen molar-refractivity contribution in [1.29, 1.82) is 0 Å². The van der Waals surface area contributed by atoms with Crippen molar-refractivity contribution >= 4 is 16.0 Å². The van der Waals surface area contributed by atoms with Crippen LogP contribution >= 0.6 is 0 Å². The Kier molecular flexibility index (Phi) is 34.9. The number of hydrogen-bond acceptors (Lipinski definition) is 4. The first-order valence-corrected chi connectivity index (χ1v) is 21.9. The number of aliphatic hydroxyl groups is 1. The number of unbranched alkanes of at least 4 members (excludes halogenated alkanes) is 22. The fourth-order valence-corrected chi connectivity index (χ4v) is 6.63. The van der Waals surface area contributed by atoms with Gasteiger partial charge in [0, 0.05) is 6.42 Å². The second-order valence-corrected chi connectivity index (χ2v) is 15.4. The Labute approximate surface area is 303 Å². The van der Waals surface area contributed by atoms with Crippen molar-refractivity contribution in [3.8, 4) is 0 Å². The standard InChI is InChI=1S/C42H77NO5S/c1-3-5-7-9-11-13-15-17-19-20-21-22-23-24-25-27-29-31-33-35-37-41(44)40(39-49(46,47)48)43-42(45)38-36-34-32-30-28-26-18-16-14-12-10-8-6-4-2/h10,12,16,18,27,29,35,37,40-41,44H,3-9,11,13-15,17,19-26,28,30-34,36,38-39H2,1-2H3,(H,43,45)(H,46,47,48)/b12-10-,18-16-,29-27+,37-35+. The predicted octanol–water partition coefficient (Wildman–Crippen LogP) is 11.9. The van der Waals surface area contributed by atoms with Gasteiger partial charge in [0.25, 0.3) is 10.1 Å². The highest BCUT2D eigenvalue weighted by Gasteiger charge is 2.24. The minimum atomic E-state index is -4.36. The van der Waals surface area contributed by atoms with E-state index in [9.17, 15) is 22.9 Å². The van der Waals surface area contributed by atoms with Gasteiger partial charge >= 0.3 is 0 Å². The number of amides is 1. The Morgan fingerprint density at radius 3 is 1.47 bits per heavy atom. The first-order valence-electron chi connectivity index (χ1n) is 20.3. The van der Waals surface area contributed by atoms with Crippen LogP contribution in [0.3, 0.4) is 0 Å². The molecular weight excluding hydrogens is 631 g/mol.